The van der Waals surface area contributed by atoms with E-state index in [2.05, 4.69) is 55.6 Å². The molecule has 1 N–H and O–H groups in total. The Morgan fingerprint density at radius 2 is 1.70 bits per heavy atom. The first kappa shape index (κ1) is 14.1. The first-order valence-corrected chi connectivity index (χ1v) is 8.64. The lowest BCUT2D eigenvalue weighted by atomic mass is 10.2. The first-order valence-electron chi connectivity index (χ1n) is 6.63. The van der Waals surface area contributed by atoms with Gasteiger partial charge in [-0.05, 0) is 43.5 Å². The van der Waals surface area contributed by atoms with Gasteiger partial charge in [0.25, 0.3) is 0 Å². The second-order valence-corrected chi connectivity index (χ2v) is 7.80. The normalized spacial score (nSPS) is 14.6. The third-order valence-corrected chi connectivity index (χ3v) is 6.10. The molecule has 0 amide bonds. The van der Waals surface area contributed by atoms with Crippen molar-refractivity contribution in [3.63, 3.8) is 0 Å². The molecule has 0 bridgehead atoms. The summed E-state index contributed by atoms with van der Waals surface area (Å²) < 4.78 is 2.20. The summed E-state index contributed by atoms with van der Waals surface area (Å²) in [6, 6.07) is 15.5. The summed E-state index contributed by atoms with van der Waals surface area (Å²) in [5, 5.41) is 4.98. The highest BCUT2D eigenvalue weighted by Crippen LogP contribution is 2.32. The fraction of sp³-hybridized carbons (Fsp3) is 0.250. The Hall–Kier alpha value is -0.870. The molecule has 0 spiro atoms. The Labute approximate surface area is 132 Å². The molecule has 4 heteroatoms. The van der Waals surface area contributed by atoms with E-state index in [4.69, 9.17) is 11.6 Å². The third kappa shape index (κ3) is 2.91. The quantitative estimate of drug-likeness (QED) is 0.618. The topological polar surface area (TPSA) is 12.0 Å². The van der Waals surface area contributed by atoms with E-state index in [9.17, 15) is 0 Å². The molecular formula is C16H16ClNS2. The van der Waals surface area contributed by atoms with Crippen molar-refractivity contribution >= 4 is 44.4 Å². The number of hydrogen-bond acceptors (Lipinski definition) is 3. The first-order chi connectivity index (χ1) is 9.63. The minimum Gasteiger partial charge on any atom is -0.302 e. The zero-order valence-corrected chi connectivity index (χ0v) is 13.8. The summed E-state index contributed by atoms with van der Waals surface area (Å²) in [4.78, 5) is 2.66. The maximum atomic E-state index is 6.00. The van der Waals surface area contributed by atoms with Gasteiger partial charge in [-0.15, -0.1) is 22.7 Å². The second kappa shape index (κ2) is 5.86. The lowest BCUT2D eigenvalue weighted by molar-refractivity contribution is 0.506. The summed E-state index contributed by atoms with van der Waals surface area (Å²) in [7, 11) is 0. The van der Waals surface area contributed by atoms with E-state index in [1.54, 1.807) is 11.3 Å². The largest absolute Gasteiger partial charge is 0.302 e. The van der Waals surface area contributed by atoms with Crippen LogP contribution in [0.1, 0.15) is 35.7 Å². The Morgan fingerprint density at radius 1 is 0.950 bits per heavy atom. The molecular weight excluding hydrogens is 306 g/mol. The molecule has 0 saturated carbocycles. The Morgan fingerprint density at radius 3 is 2.40 bits per heavy atom. The molecule has 3 rings (SSSR count). The summed E-state index contributed by atoms with van der Waals surface area (Å²) >= 11 is 9.51. The molecule has 0 aliphatic carbocycles. The van der Waals surface area contributed by atoms with Crippen LogP contribution in [0.5, 0.6) is 0 Å². The molecule has 104 valence electrons. The van der Waals surface area contributed by atoms with Crippen molar-refractivity contribution < 1.29 is 0 Å². The molecule has 0 saturated heterocycles. The average Bonchev–Trinajstić information content (AvgIpc) is 3.04. The van der Waals surface area contributed by atoms with E-state index in [0.29, 0.717) is 12.1 Å². The zero-order valence-electron chi connectivity index (χ0n) is 11.4. The lowest BCUT2D eigenvalue weighted by Gasteiger charge is -2.17. The molecule has 0 fully saturated rings. The summed E-state index contributed by atoms with van der Waals surface area (Å²) in [6.07, 6.45) is 0. The fourth-order valence-corrected chi connectivity index (χ4v) is 4.46. The number of rotatable bonds is 4. The van der Waals surface area contributed by atoms with Gasteiger partial charge in [-0.1, -0.05) is 29.8 Å². The Balaban J connectivity index is 1.76. The van der Waals surface area contributed by atoms with Gasteiger partial charge in [0.2, 0.25) is 0 Å². The van der Waals surface area contributed by atoms with E-state index in [1.165, 1.54) is 19.8 Å². The predicted molar refractivity (Wildman–Crippen MR) is 91.1 cm³/mol. The number of hydrogen-bond donors (Lipinski definition) is 1. The molecule has 1 aromatic carbocycles. The number of benzene rings is 1. The molecule has 1 nitrogen and oxygen atoms in total. The number of thiophene rings is 2. The highest BCUT2D eigenvalue weighted by molar-refractivity contribution is 7.19. The Bertz CT molecular complexity index is 683. The van der Waals surface area contributed by atoms with Gasteiger partial charge in [-0.3, -0.25) is 0 Å². The van der Waals surface area contributed by atoms with Crippen molar-refractivity contribution in [3.8, 4) is 0 Å². The zero-order chi connectivity index (χ0) is 14.1. The molecule has 2 heterocycles. The van der Waals surface area contributed by atoms with Crippen molar-refractivity contribution in [1.82, 2.24) is 5.32 Å². The van der Waals surface area contributed by atoms with Crippen LogP contribution in [0.3, 0.4) is 0 Å². The van der Waals surface area contributed by atoms with Crippen LogP contribution in [0, 0.1) is 0 Å². The van der Waals surface area contributed by atoms with E-state index < -0.39 is 0 Å². The van der Waals surface area contributed by atoms with Gasteiger partial charge in [-0.2, -0.15) is 0 Å². The summed E-state index contributed by atoms with van der Waals surface area (Å²) in [6.45, 7) is 4.41. The minimum absolute atomic E-state index is 0.313. The number of fused-ring (bicyclic) bond motifs is 1. The molecule has 3 aromatic rings. The van der Waals surface area contributed by atoms with Crippen LogP contribution >= 0.6 is 34.3 Å². The van der Waals surface area contributed by atoms with Gasteiger partial charge in [0.15, 0.2) is 0 Å². The van der Waals surface area contributed by atoms with Crippen LogP contribution in [0.25, 0.3) is 10.1 Å². The SMILES string of the molecule is CC(NC(C)c1cc2ccccc2s1)c1ccc(Cl)s1. The van der Waals surface area contributed by atoms with Crippen molar-refractivity contribution in [2.75, 3.05) is 0 Å². The maximum Gasteiger partial charge on any atom is 0.0931 e. The van der Waals surface area contributed by atoms with Gasteiger partial charge >= 0.3 is 0 Å². The second-order valence-electron chi connectivity index (χ2n) is 4.94. The van der Waals surface area contributed by atoms with Crippen LogP contribution in [0.4, 0.5) is 0 Å². The third-order valence-electron chi connectivity index (χ3n) is 3.39. The van der Waals surface area contributed by atoms with E-state index >= 15 is 0 Å². The van der Waals surface area contributed by atoms with Crippen LogP contribution < -0.4 is 5.32 Å². The van der Waals surface area contributed by atoms with Crippen molar-refractivity contribution in [3.05, 3.63) is 56.6 Å². The maximum absolute atomic E-state index is 6.00. The average molecular weight is 322 g/mol. The van der Waals surface area contributed by atoms with Crippen LogP contribution in [0.15, 0.2) is 42.5 Å². The molecule has 2 atom stereocenters. The highest BCUT2D eigenvalue weighted by atomic mass is 35.5. The molecule has 2 aromatic heterocycles. The standard InChI is InChI=1S/C16H16ClNS2/c1-10(13-7-8-16(17)20-13)18-11(2)15-9-12-5-3-4-6-14(12)19-15/h3-11,18H,1-2H3. The van der Waals surface area contributed by atoms with E-state index in [-0.39, 0.29) is 0 Å². The number of nitrogens with one attached hydrogen (secondary N) is 1. The van der Waals surface area contributed by atoms with Crippen LogP contribution in [-0.2, 0) is 0 Å². The van der Waals surface area contributed by atoms with Gasteiger partial charge in [-0.25, -0.2) is 0 Å². The van der Waals surface area contributed by atoms with Crippen molar-refractivity contribution in [1.29, 1.82) is 0 Å². The van der Waals surface area contributed by atoms with Gasteiger partial charge in [0, 0.05) is 26.5 Å². The lowest BCUT2D eigenvalue weighted by Crippen LogP contribution is -2.20. The summed E-state index contributed by atoms with van der Waals surface area (Å²) in [5.41, 5.74) is 0. The molecule has 0 radical (unpaired) electrons. The number of halogens is 1. The predicted octanol–water partition coefficient (Wildman–Crippen LogP) is 6.03. The van der Waals surface area contributed by atoms with Crippen LogP contribution in [0.2, 0.25) is 4.34 Å². The molecule has 0 aliphatic heterocycles. The van der Waals surface area contributed by atoms with Gasteiger partial charge in [0.05, 0.1) is 4.34 Å². The molecule has 0 aliphatic rings. The van der Waals surface area contributed by atoms with Gasteiger partial charge < -0.3 is 5.32 Å². The monoisotopic (exact) mass is 321 g/mol. The minimum atomic E-state index is 0.313. The van der Waals surface area contributed by atoms with Crippen molar-refractivity contribution in [2.45, 2.75) is 25.9 Å². The van der Waals surface area contributed by atoms with E-state index in [1.807, 2.05) is 17.4 Å². The summed E-state index contributed by atoms with van der Waals surface area (Å²) in [5.74, 6) is 0. The van der Waals surface area contributed by atoms with Gasteiger partial charge in [0.1, 0.15) is 0 Å². The highest BCUT2D eigenvalue weighted by Gasteiger charge is 2.14. The Kier molecular flexibility index (Phi) is 4.13. The fourth-order valence-electron chi connectivity index (χ4n) is 2.32. The molecule has 2 unspecified atom stereocenters. The van der Waals surface area contributed by atoms with Crippen molar-refractivity contribution in [2.24, 2.45) is 0 Å². The smallest absolute Gasteiger partial charge is 0.0931 e. The van der Waals surface area contributed by atoms with Crippen LogP contribution in [-0.4, -0.2) is 0 Å². The molecule has 20 heavy (non-hydrogen) atoms. The van der Waals surface area contributed by atoms with E-state index in [0.717, 1.165) is 4.34 Å².